The number of carbonyl (C=O) groups is 2. The minimum Gasteiger partial charge on any atom is -0.378 e. The van der Waals surface area contributed by atoms with Crippen molar-refractivity contribution in [3.63, 3.8) is 0 Å². The van der Waals surface area contributed by atoms with Crippen molar-refractivity contribution in [2.75, 3.05) is 87.1 Å². The van der Waals surface area contributed by atoms with E-state index in [0.717, 1.165) is 19.3 Å². The summed E-state index contributed by atoms with van der Waals surface area (Å²) in [5.41, 5.74) is 4.99. The van der Waals surface area contributed by atoms with Gasteiger partial charge in [-0.15, -0.1) is 0 Å². The zero-order chi connectivity index (χ0) is 34.2. The molecule has 2 aliphatic rings. The van der Waals surface area contributed by atoms with Gasteiger partial charge in [0.25, 0.3) is 6.43 Å². The molecule has 0 bridgehead atoms. The van der Waals surface area contributed by atoms with Crippen molar-refractivity contribution in [3.05, 3.63) is 24.5 Å². The maximum atomic E-state index is 14.0. The van der Waals surface area contributed by atoms with E-state index in [1.54, 1.807) is 16.7 Å². The van der Waals surface area contributed by atoms with Gasteiger partial charge in [0.1, 0.15) is 5.69 Å². The molecule has 1 atom stereocenters. The summed E-state index contributed by atoms with van der Waals surface area (Å²) in [7, 11) is 0. The zero-order valence-electron chi connectivity index (χ0n) is 27.3. The van der Waals surface area contributed by atoms with Crippen molar-refractivity contribution in [1.82, 2.24) is 35.1 Å². The smallest absolute Gasteiger partial charge is 0.281 e. The van der Waals surface area contributed by atoms with Gasteiger partial charge >= 0.3 is 0 Å². The second-order valence-corrected chi connectivity index (χ2v) is 11.8. The van der Waals surface area contributed by atoms with E-state index in [0.29, 0.717) is 77.9 Å². The molecule has 0 aliphatic carbocycles. The van der Waals surface area contributed by atoms with Gasteiger partial charge in [0.15, 0.2) is 5.82 Å². The predicted molar refractivity (Wildman–Crippen MR) is 179 cm³/mol. The van der Waals surface area contributed by atoms with Crippen molar-refractivity contribution in [1.29, 1.82) is 0 Å². The summed E-state index contributed by atoms with van der Waals surface area (Å²) in [4.78, 5) is 49.9. The van der Waals surface area contributed by atoms with Crippen LogP contribution in [-0.2, 0) is 19.1 Å². The highest BCUT2D eigenvalue weighted by atomic mass is 32.2. The van der Waals surface area contributed by atoms with E-state index in [2.05, 4.69) is 31.8 Å². The molecular formula is C30H46F2N10O4S. The highest BCUT2D eigenvalue weighted by Gasteiger charge is 2.27. The van der Waals surface area contributed by atoms with E-state index in [9.17, 15) is 18.4 Å². The van der Waals surface area contributed by atoms with Gasteiger partial charge < -0.3 is 35.2 Å². The molecule has 0 aromatic carbocycles. The number of alkyl halides is 2. The first kappa shape index (κ1) is 37.8. The van der Waals surface area contributed by atoms with Crippen LogP contribution >= 0.6 is 11.8 Å². The molecule has 2 saturated heterocycles. The minimum absolute atomic E-state index is 0.00282. The molecule has 2 aromatic rings. The summed E-state index contributed by atoms with van der Waals surface area (Å²) >= 11 is 1.75. The third kappa shape index (κ3) is 11.5. The quantitative estimate of drug-likeness (QED) is 0.160. The number of nitrogens with zero attached hydrogens (tertiary/aromatic N) is 8. The van der Waals surface area contributed by atoms with Gasteiger partial charge in [-0.3, -0.25) is 9.59 Å². The maximum absolute atomic E-state index is 14.0. The second kappa shape index (κ2) is 19.8. The number of amides is 2. The monoisotopic (exact) mass is 680 g/mol. The fourth-order valence-corrected chi connectivity index (χ4v) is 5.11. The molecule has 47 heavy (non-hydrogen) atoms. The topological polar surface area (TPSA) is 165 Å². The average Bonchev–Trinajstić information content (AvgIpc) is 3.07. The molecule has 2 aromatic heterocycles. The Hall–Kier alpha value is -3.70. The van der Waals surface area contributed by atoms with E-state index in [-0.39, 0.29) is 41.3 Å². The fraction of sp³-hybridized carbons (Fsp3) is 0.633. The van der Waals surface area contributed by atoms with Crippen molar-refractivity contribution < 1.29 is 27.8 Å². The van der Waals surface area contributed by atoms with Crippen molar-refractivity contribution in [2.24, 2.45) is 0 Å². The molecule has 4 rings (SSSR count). The molecule has 2 amide bonds. The lowest BCUT2D eigenvalue weighted by Crippen LogP contribution is -2.45. The van der Waals surface area contributed by atoms with Gasteiger partial charge in [0.2, 0.25) is 30.2 Å². The lowest BCUT2D eigenvalue weighted by Gasteiger charge is -2.34. The van der Waals surface area contributed by atoms with Crippen LogP contribution in [-0.4, -0.2) is 126 Å². The van der Waals surface area contributed by atoms with E-state index in [1.165, 1.54) is 12.3 Å². The lowest BCUT2D eigenvalue weighted by atomic mass is 10.1. The molecule has 4 heterocycles. The van der Waals surface area contributed by atoms with Crippen LogP contribution < -0.4 is 20.9 Å². The number of hydrogen-bond donors (Lipinski definition) is 2. The van der Waals surface area contributed by atoms with Gasteiger partial charge in [-0.2, -0.15) is 26.7 Å². The molecule has 2 fully saturated rings. The number of morpholine rings is 1. The zero-order valence-corrected chi connectivity index (χ0v) is 28.1. The number of halogens is 2. The van der Waals surface area contributed by atoms with Crippen LogP contribution in [0.15, 0.2) is 18.9 Å². The summed E-state index contributed by atoms with van der Waals surface area (Å²) in [6.07, 6.45) is 7.39. The van der Waals surface area contributed by atoms with E-state index < -0.39 is 12.1 Å². The number of anilines is 3. The second-order valence-electron chi connectivity index (χ2n) is 11.0. The van der Waals surface area contributed by atoms with Gasteiger partial charge in [-0.25, -0.2) is 18.7 Å². The Morgan fingerprint density at radius 1 is 1.21 bits per heavy atom. The number of nitrogens with one attached hydrogen (secondary N) is 1. The summed E-state index contributed by atoms with van der Waals surface area (Å²) in [6.45, 7) is 9.97. The lowest BCUT2D eigenvalue weighted by molar-refractivity contribution is -0.128. The number of piperidine rings is 1. The third-order valence-electron chi connectivity index (χ3n) is 7.52. The number of nitrogens with two attached hydrogens (primary N) is 1. The first-order chi connectivity index (χ1) is 22.7. The summed E-state index contributed by atoms with van der Waals surface area (Å²) in [6, 6.07) is -0.0619. The number of carbonyl (C=O) groups excluding carboxylic acids is 2. The number of ether oxygens (including phenoxy) is 2. The summed E-state index contributed by atoms with van der Waals surface area (Å²) < 4.78 is 39.6. The van der Waals surface area contributed by atoms with Gasteiger partial charge in [-0.05, 0) is 51.2 Å². The SMILES string of the molecule is C=CC(=O)N1CCC(OCCCCN(CCNC=O)c2nc(-c3cnc(N)nc3C(F)F)nc(N3CCOCC3C)n2)CC1.CSC. The first-order valence-electron chi connectivity index (χ1n) is 15.6. The Balaban J connectivity index is 0.00000192. The number of unbranched alkanes of at least 4 members (excludes halogenated alkanes) is 1. The molecule has 1 unspecified atom stereocenters. The number of nitrogen functional groups attached to an aromatic ring is 1. The minimum atomic E-state index is -2.93. The largest absolute Gasteiger partial charge is 0.378 e. The Kier molecular flexibility index (Phi) is 15.9. The van der Waals surface area contributed by atoms with Crippen LogP contribution in [0.25, 0.3) is 11.4 Å². The molecule has 0 saturated carbocycles. The molecule has 260 valence electrons. The summed E-state index contributed by atoms with van der Waals surface area (Å²) in [5, 5.41) is 2.66. The van der Waals surface area contributed by atoms with Gasteiger partial charge in [0, 0.05) is 52.1 Å². The van der Waals surface area contributed by atoms with E-state index in [4.69, 9.17) is 20.2 Å². The normalized spacial score (nSPS) is 16.8. The molecule has 0 radical (unpaired) electrons. The van der Waals surface area contributed by atoms with Crippen molar-refractivity contribution >= 4 is 41.9 Å². The number of hydrogen-bond acceptors (Lipinski definition) is 13. The first-order valence-corrected chi connectivity index (χ1v) is 17.2. The van der Waals surface area contributed by atoms with Gasteiger partial charge in [-0.1, -0.05) is 6.58 Å². The van der Waals surface area contributed by atoms with Gasteiger partial charge in [0.05, 0.1) is 30.9 Å². The number of aromatic nitrogens is 5. The Labute approximate surface area is 278 Å². The van der Waals surface area contributed by atoms with E-state index >= 15 is 0 Å². The van der Waals surface area contributed by atoms with Crippen LogP contribution in [0.2, 0.25) is 0 Å². The molecule has 0 spiro atoms. The summed E-state index contributed by atoms with van der Waals surface area (Å²) in [5.74, 6) is 0.246. The molecule has 17 heteroatoms. The molecule has 3 N–H and O–H groups in total. The van der Waals surface area contributed by atoms with Crippen LogP contribution in [0.3, 0.4) is 0 Å². The molecule has 14 nitrogen and oxygen atoms in total. The van der Waals surface area contributed by atoms with Crippen LogP contribution in [0.5, 0.6) is 0 Å². The third-order valence-corrected chi connectivity index (χ3v) is 7.52. The van der Waals surface area contributed by atoms with Crippen LogP contribution in [0.1, 0.15) is 44.7 Å². The Morgan fingerprint density at radius 3 is 2.62 bits per heavy atom. The number of thioether (sulfide) groups is 1. The molecular weight excluding hydrogens is 634 g/mol. The highest BCUT2D eigenvalue weighted by Crippen LogP contribution is 2.30. The Bertz CT molecular complexity index is 1290. The standard InChI is InChI=1S/C28H40F2N10O4.C2H6S/c1-3-22(42)38-10-6-20(7-11-38)44-14-5-4-9-39(12-8-32-18-41)27-35-25(21-16-33-26(31)34-23(21)24(29)30)36-28(37-27)40-13-15-43-17-19(40)2;1-3-2/h3,16,18-20,24H,1,4-15,17H2,2H3,(H,32,41)(H2,31,33,34);1-2H3. The fourth-order valence-electron chi connectivity index (χ4n) is 5.11. The van der Waals surface area contributed by atoms with Crippen LogP contribution in [0.4, 0.5) is 26.6 Å². The Morgan fingerprint density at radius 2 is 1.96 bits per heavy atom. The maximum Gasteiger partial charge on any atom is 0.281 e. The average molecular weight is 681 g/mol. The van der Waals surface area contributed by atoms with Crippen molar-refractivity contribution in [3.8, 4) is 11.4 Å². The van der Waals surface area contributed by atoms with Crippen LogP contribution in [0, 0.1) is 0 Å². The number of likely N-dealkylation sites (tertiary alicyclic amines) is 1. The molecule has 2 aliphatic heterocycles. The van der Waals surface area contributed by atoms with E-state index in [1.807, 2.05) is 29.2 Å². The number of rotatable bonds is 15. The van der Waals surface area contributed by atoms with Crippen molar-refractivity contribution in [2.45, 2.75) is 51.2 Å². The predicted octanol–water partition coefficient (Wildman–Crippen LogP) is 2.58. The highest BCUT2D eigenvalue weighted by molar-refractivity contribution is 7.97.